The van der Waals surface area contributed by atoms with Crippen molar-refractivity contribution in [1.29, 1.82) is 0 Å². The molecule has 3 aromatic rings. The standard InChI is InChI=1S/C27H30N4O4/c1-27(2,30-24(32)19-10-5-4-6-11-19)26(33)31-17-9-12-20(18-31)23-25(29-16-15-28-23)35-22-14-8-7-13-21(22)34-3/h4-8,10-11,13-16,20H,9,12,17-18H2,1-3H3,(H,30,32)/t20-/m0/s1. The van der Waals surface area contributed by atoms with Crippen molar-refractivity contribution in [3.63, 3.8) is 0 Å². The number of para-hydroxylation sites is 2. The molecule has 1 N–H and O–H groups in total. The van der Waals surface area contributed by atoms with Gasteiger partial charge in [-0.1, -0.05) is 30.3 Å². The molecule has 4 rings (SSSR count). The fourth-order valence-corrected chi connectivity index (χ4v) is 4.28. The first kappa shape index (κ1) is 24.2. The van der Waals surface area contributed by atoms with E-state index in [0.29, 0.717) is 41.7 Å². The lowest BCUT2D eigenvalue weighted by Crippen LogP contribution is -2.57. The van der Waals surface area contributed by atoms with Crippen molar-refractivity contribution in [2.75, 3.05) is 20.2 Å². The van der Waals surface area contributed by atoms with E-state index in [4.69, 9.17) is 9.47 Å². The number of carbonyl (C=O) groups excluding carboxylic acids is 2. The third-order valence-corrected chi connectivity index (χ3v) is 6.06. The summed E-state index contributed by atoms with van der Waals surface area (Å²) in [7, 11) is 1.59. The Morgan fingerprint density at radius 1 is 1.00 bits per heavy atom. The Morgan fingerprint density at radius 2 is 1.69 bits per heavy atom. The average Bonchev–Trinajstić information content (AvgIpc) is 2.89. The molecule has 0 saturated carbocycles. The number of benzene rings is 2. The van der Waals surface area contributed by atoms with Crippen molar-refractivity contribution in [2.45, 2.75) is 38.1 Å². The van der Waals surface area contributed by atoms with Crippen LogP contribution in [-0.4, -0.2) is 52.4 Å². The summed E-state index contributed by atoms with van der Waals surface area (Å²) in [5, 5.41) is 2.88. The highest BCUT2D eigenvalue weighted by molar-refractivity contribution is 5.98. The fraction of sp³-hybridized carbons (Fsp3) is 0.333. The summed E-state index contributed by atoms with van der Waals surface area (Å²) >= 11 is 0. The van der Waals surface area contributed by atoms with Gasteiger partial charge in [0.1, 0.15) is 11.2 Å². The van der Waals surface area contributed by atoms with Crippen LogP contribution < -0.4 is 14.8 Å². The number of ether oxygens (including phenoxy) is 2. The maximum absolute atomic E-state index is 13.5. The summed E-state index contributed by atoms with van der Waals surface area (Å²) in [5.41, 5.74) is 0.151. The first-order valence-corrected chi connectivity index (χ1v) is 11.7. The highest BCUT2D eigenvalue weighted by atomic mass is 16.5. The first-order valence-electron chi connectivity index (χ1n) is 11.7. The van der Waals surface area contributed by atoms with Crippen LogP contribution in [-0.2, 0) is 4.79 Å². The van der Waals surface area contributed by atoms with Gasteiger partial charge in [0.25, 0.3) is 5.91 Å². The van der Waals surface area contributed by atoms with Crippen LogP contribution in [0.25, 0.3) is 0 Å². The predicted octanol–water partition coefficient (Wildman–Crippen LogP) is 4.19. The van der Waals surface area contributed by atoms with E-state index in [9.17, 15) is 9.59 Å². The van der Waals surface area contributed by atoms with Crippen LogP contribution in [0.5, 0.6) is 17.4 Å². The van der Waals surface area contributed by atoms with Gasteiger partial charge >= 0.3 is 0 Å². The van der Waals surface area contributed by atoms with Gasteiger partial charge in [-0.15, -0.1) is 0 Å². The zero-order chi connectivity index (χ0) is 24.8. The van der Waals surface area contributed by atoms with Crippen LogP contribution in [0.2, 0.25) is 0 Å². The second kappa shape index (κ2) is 10.5. The Labute approximate surface area is 205 Å². The Kier molecular flexibility index (Phi) is 7.29. The number of hydrogen-bond acceptors (Lipinski definition) is 6. The van der Waals surface area contributed by atoms with Gasteiger partial charge in [0, 0.05) is 37.0 Å². The molecule has 1 atom stereocenters. The minimum atomic E-state index is -1.06. The molecule has 1 aliphatic heterocycles. The molecule has 0 spiro atoms. The van der Waals surface area contributed by atoms with E-state index >= 15 is 0 Å². The summed E-state index contributed by atoms with van der Waals surface area (Å²) in [6.07, 6.45) is 4.88. The summed E-state index contributed by atoms with van der Waals surface area (Å²) < 4.78 is 11.5. The fourth-order valence-electron chi connectivity index (χ4n) is 4.28. The summed E-state index contributed by atoms with van der Waals surface area (Å²) in [6.45, 7) is 4.55. The van der Waals surface area contributed by atoms with Crippen LogP contribution in [0, 0.1) is 0 Å². The van der Waals surface area contributed by atoms with E-state index in [1.54, 1.807) is 62.5 Å². The van der Waals surface area contributed by atoms with Crippen molar-refractivity contribution >= 4 is 11.8 Å². The molecule has 1 saturated heterocycles. The van der Waals surface area contributed by atoms with E-state index in [2.05, 4.69) is 15.3 Å². The third kappa shape index (κ3) is 5.59. The lowest BCUT2D eigenvalue weighted by molar-refractivity contribution is -0.138. The molecule has 0 bridgehead atoms. The van der Waals surface area contributed by atoms with E-state index in [1.165, 1.54) is 0 Å². The normalized spacial score (nSPS) is 15.9. The van der Waals surface area contributed by atoms with Gasteiger partial charge in [0.2, 0.25) is 11.8 Å². The Morgan fingerprint density at radius 3 is 2.43 bits per heavy atom. The predicted molar refractivity (Wildman–Crippen MR) is 132 cm³/mol. The highest BCUT2D eigenvalue weighted by Crippen LogP contribution is 2.36. The molecule has 2 amide bonds. The number of methoxy groups -OCH3 is 1. The number of rotatable bonds is 7. The topological polar surface area (TPSA) is 93.7 Å². The second-order valence-electron chi connectivity index (χ2n) is 9.04. The van der Waals surface area contributed by atoms with Crippen LogP contribution in [0.3, 0.4) is 0 Å². The monoisotopic (exact) mass is 474 g/mol. The Hall–Kier alpha value is -3.94. The quantitative estimate of drug-likeness (QED) is 0.552. The van der Waals surface area contributed by atoms with Crippen LogP contribution >= 0.6 is 0 Å². The number of piperidine rings is 1. The molecule has 2 heterocycles. The summed E-state index contributed by atoms with van der Waals surface area (Å²) in [6, 6.07) is 16.2. The van der Waals surface area contributed by atoms with Gasteiger partial charge in [-0.25, -0.2) is 4.98 Å². The molecule has 0 aliphatic carbocycles. The smallest absolute Gasteiger partial charge is 0.252 e. The maximum atomic E-state index is 13.5. The van der Waals surface area contributed by atoms with Gasteiger partial charge in [0.15, 0.2) is 11.5 Å². The number of amides is 2. The first-order chi connectivity index (χ1) is 16.9. The van der Waals surface area contributed by atoms with Crippen LogP contribution in [0.15, 0.2) is 67.0 Å². The number of hydrogen-bond donors (Lipinski definition) is 1. The van der Waals surface area contributed by atoms with E-state index in [-0.39, 0.29) is 17.7 Å². The largest absolute Gasteiger partial charge is 0.493 e. The molecule has 8 heteroatoms. The van der Waals surface area contributed by atoms with Crippen LogP contribution in [0.1, 0.15) is 48.7 Å². The molecule has 0 unspecified atom stereocenters. The molecule has 1 aromatic heterocycles. The summed E-state index contributed by atoms with van der Waals surface area (Å²) in [5.74, 6) is 1.08. The third-order valence-electron chi connectivity index (χ3n) is 6.06. The molecule has 1 fully saturated rings. The zero-order valence-electron chi connectivity index (χ0n) is 20.2. The zero-order valence-corrected chi connectivity index (χ0v) is 20.2. The Balaban J connectivity index is 1.49. The van der Waals surface area contributed by atoms with Gasteiger partial charge in [-0.3, -0.25) is 14.6 Å². The molecule has 0 radical (unpaired) electrons. The van der Waals surface area contributed by atoms with E-state index in [0.717, 1.165) is 12.8 Å². The lowest BCUT2D eigenvalue weighted by Gasteiger charge is -2.37. The molecule has 182 valence electrons. The van der Waals surface area contributed by atoms with Crippen LogP contribution in [0.4, 0.5) is 0 Å². The van der Waals surface area contributed by atoms with Gasteiger partial charge in [-0.05, 0) is 51.0 Å². The molecule has 2 aromatic carbocycles. The van der Waals surface area contributed by atoms with Gasteiger partial charge in [0.05, 0.1) is 7.11 Å². The van der Waals surface area contributed by atoms with Gasteiger partial charge in [-0.2, -0.15) is 0 Å². The molecule has 1 aliphatic rings. The number of nitrogens with zero attached hydrogens (tertiary/aromatic N) is 3. The maximum Gasteiger partial charge on any atom is 0.252 e. The molecule has 8 nitrogen and oxygen atoms in total. The lowest BCUT2D eigenvalue weighted by atomic mass is 9.92. The second-order valence-corrected chi connectivity index (χ2v) is 9.04. The number of carbonyl (C=O) groups is 2. The molecular weight excluding hydrogens is 444 g/mol. The van der Waals surface area contributed by atoms with Crippen molar-refractivity contribution < 1.29 is 19.1 Å². The molecular formula is C27H30N4O4. The number of nitrogens with one attached hydrogen (secondary N) is 1. The Bertz CT molecular complexity index is 1180. The summed E-state index contributed by atoms with van der Waals surface area (Å²) in [4.78, 5) is 36.9. The van der Waals surface area contributed by atoms with E-state index < -0.39 is 5.54 Å². The number of likely N-dealkylation sites (tertiary alicyclic amines) is 1. The van der Waals surface area contributed by atoms with Crippen molar-refractivity contribution in [2.24, 2.45) is 0 Å². The molecule has 35 heavy (non-hydrogen) atoms. The number of aromatic nitrogens is 2. The minimum absolute atomic E-state index is 0.0493. The minimum Gasteiger partial charge on any atom is -0.493 e. The van der Waals surface area contributed by atoms with E-state index in [1.807, 2.05) is 30.3 Å². The average molecular weight is 475 g/mol. The SMILES string of the molecule is COc1ccccc1Oc1nccnc1[C@H]1CCCN(C(=O)C(C)(C)NC(=O)c2ccccc2)C1. The van der Waals surface area contributed by atoms with Crippen molar-refractivity contribution in [3.05, 3.63) is 78.2 Å². The van der Waals surface area contributed by atoms with Crippen molar-refractivity contribution in [3.8, 4) is 17.4 Å². The van der Waals surface area contributed by atoms with Gasteiger partial charge < -0.3 is 19.7 Å². The van der Waals surface area contributed by atoms with Crippen molar-refractivity contribution in [1.82, 2.24) is 20.2 Å². The highest BCUT2D eigenvalue weighted by Gasteiger charge is 2.37.